The number of rotatable bonds is 3. The molecule has 0 aromatic heterocycles. The Morgan fingerprint density at radius 2 is 2.00 bits per heavy atom. The summed E-state index contributed by atoms with van der Waals surface area (Å²) in [7, 11) is 0. The highest BCUT2D eigenvalue weighted by atomic mass is 14.9. The Morgan fingerprint density at radius 3 is 2.75 bits per heavy atom. The molecule has 2 atom stereocenters. The fraction of sp³-hybridized carbons (Fsp3) is 0.600. The fourth-order valence-electron chi connectivity index (χ4n) is 2.85. The molecule has 1 nitrogen and oxygen atoms in total. The highest BCUT2D eigenvalue weighted by molar-refractivity contribution is 5.21. The first-order valence-corrected chi connectivity index (χ1v) is 6.70. The van der Waals surface area contributed by atoms with Crippen molar-refractivity contribution in [3.8, 4) is 0 Å². The van der Waals surface area contributed by atoms with Crippen molar-refractivity contribution in [1.29, 1.82) is 0 Å². The van der Waals surface area contributed by atoms with Gasteiger partial charge in [0.05, 0.1) is 0 Å². The van der Waals surface area contributed by atoms with E-state index in [-0.39, 0.29) is 0 Å². The maximum Gasteiger partial charge on any atom is 0.0136 e. The van der Waals surface area contributed by atoms with Gasteiger partial charge in [-0.2, -0.15) is 0 Å². The van der Waals surface area contributed by atoms with E-state index in [2.05, 4.69) is 42.6 Å². The molecule has 1 N–H and O–H groups in total. The lowest BCUT2D eigenvalue weighted by Gasteiger charge is -2.26. The van der Waals surface area contributed by atoms with Gasteiger partial charge in [-0.05, 0) is 37.3 Å². The van der Waals surface area contributed by atoms with E-state index in [0.717, 1.165) is 0 Å². The van der Waals surface area contributed by atoms with Crippen molar-refractivity contribution in [3.63, 3.8) is 0 Å². The van der Waals surface area contributed by atoms with Gasteiger partial charge in [-0.25, -0.2) is 0 Å². The maximum atomic E-state index is 3.73. The van der Waals surface area contributed by atoms with Gasteiger partial charge < -0.3 is 5.32 Å². The molecule has 1 aromatic carbocycles. The van der Waals surface area contributed by atoms with Gasteiger partial charge in [-0.1, -0.05) is 50.1 Å². The van der Waals surface area contributed by atoms with Gasteiger partial charge in [0.2, 0.25) is 0 Å². The van der Waals surface area contributed by atoms with Crippen LogP contribution in [0.3, 0.4) is 0 Å². The predicted octanol–water partition coefficient (Wildman–Crippen LogP) is 3.71. The van der Waals surface area contributed by atoms with Gasteiger partial charge in [0.25, 0.3) is 0 Å². The largest absolute Gasteiger partial charge is 0.313 e. The third-order valence-corrected chi connectivity index (χ3v) is 3.75. The molecule has 1 heteroatoms. The van der Waals surface area contributed by atoms with E-state index in [9.17, 15) is 0 Å². The molecular formula is C15H23N. The molecule has 1 saturated heterocycles. The third-order valence-electron chi connectivity index (χ3n) is 3.75. The summed E-state index contributed by atoms with van der Waals surface area (Å²) < 4.78 is 0. The molecule has 0 spiro atoms. The minimum atomic E-state index is 0.690. The minimum absolute atomic E-state index is 0.690. The lowest BCUT2D eigenvalue weighted by atomic mass is 9.87. The maximum absolute atomic E-state index is 3.73. The number of nitrogens with one attached hydrogen (secondary N) is 1. The lowest BCUT2D eigenvalue weighted by molar-refractivity contribution is 0.417. The molecular weight excluding hydrogens is 194 g/mol. The van der Waals surface area contributed by atoms with Crippen LogP contribution in [0.15, 0.2) is 30.3 Å². The summed E-state index contributed by atoms with van der Waals surface area (Å²) in [5.74, 6) is 0.694. The smallest absolute Gasteiger partial charge is 0.0136 e. The lowest BCUT2D eigenvalue weighted by Crippen LogP contribution is -2.34. The van der Waals surface area contributed by atoms with Gasteiger partial charge in [0.15, 0.2) is 0 Å². The van der Waals surface area contributed by atoms with E-state index in [0.29, 0.717) is 12.0 Å². The van der Waals surface area contributed by atoms with E-state index >= 15 is 0 Å². The second kappa shape index (κ2) is 6.05. The molecule has 0 saturated carbocycles. The number of hydrogen-bond donors (Lipinski definition) is 1. The summed E-state index contributed by atoms with van der Waals surface area (Å²) in [4.78, 5) is 0. The third kappa shape index (κ3) is 2.85. The summed E-state index contributed by atoms with van der Waals surface area (Å²) in [6.45, 7) is 3.51. The van der Waals surface area contributed by atoms with Crippen molar-refractivity contribution in [1.82, 2.24) is 5.32 Å². The second-order valence-electron chi connectivity index (χ2n) is 4.84. The molecule has 0 radical (unpaired) electrons. The predicted molar refractivity (Wildman–Crippen MR) is 69.7 cm³/mol. The number of hydrogen-bond acceptors (Lipinski definition) is 1. The summed E-state index contributed by atoms with van der Waals surface area (Å²) in [5.41, 5.74) is 1.50. The van der Waals surface area contributed by atoms with Gasteiger partial charge in [-0.3, -0.25) is 0 Å². The molecule has 0 aliphatic carbocycles. The molecule has 2 rings (SSSR count). The Hall–Kier alpha value is -0.820. The quantitative estimate of drug-likeness (QED) is 0.814. The molecule has 1 fully saturated rings. The van der Waals surface area contributed by atoms with Crippen LogP contribution in [0, 0.1) is 0 Å². The van der Waals surface area contributed by atoms with Crippen LogP contribution in [-0.4, -0.2) is 12.6 Å². The zero-order valence-electron chi connectivity index (χ0n) is 10.3. The molecule has 88 valence electrons. The summed E-state index contributed by atoms with van der Waals surface area (Å²) >= 11 is 0. The van der Waals surface area contributed by atoms with Crippen molar-refractivity contribution in [2.75, 3.05) is 6.54 Å². The topological polar surface area (TPSA) is 12.0 Å². The first-order valence-electron chi connectivity index (χ1n) is 6.70. The number of benzene rings is 1. The Bertz CT molecular complexity index is 286. The average Bonchev–Trinajstić information content (AvgIpc) is 2.61. The molecule has 1 aliphatic rings. The van der Waals surface area contributed by atoms with E-state index in [4.69, 9.17) is 0 Å². The zero-order valence-corrected chi connectivity index (χ0v) is 10.3. The first-order chi connectivity index (χ1) is 7.92. The normalized spacial score (nSPS) is 23.7. The van der Waals surface area contributed by atoms with Gasteiger partial charge in [-0.15, -0.1) is 0 Å². The van der Waals surface area contributed by atoms with Crippen molar-refractivity contribution in [2.45, 2.75) is 51.0 Å². The van der Waals surface area contributed by atoms with Crippen LogP contribution >= 0.6 is 0 Å². The minimum Gasteiger partial charge on any atom is -0.313 e. The first kappa shape index (κ1) is 11.7. The monoisotopic (exact) mass is 217 g/mol. The van der Waals surface area contributed by atoms with Crippen LogP contribution in [0.25, 0.3) is 0 Å². The van der Waals surface area contributed by atoms with Crippen LogP contribution in [0.5, 0.6) is 0 Å². The van der Waals surface area contributed by atoms with Crippen LogP contribution in [0.2, 0.25) is 0 Å². The van der Waals surface area contributed by atoms with Crippen LogP contribution in [0.4, 0.5) is 0 Å². The SMILES string of the molecule is CC[C@@H](c1ccccc1)[C@@H]1CCCCCN1. The zero-order chi connectivity index (χ0) is 11.2. The van der Waals surface area contributed by atoms with Crippen molar-refractivity contribution >= 4 is 0 Å². The van der Waals surface area contributed by atoms with Gasteiger partial charge in [0, 0.05) is 6.04 Å². The molecule has 1 heterocycles. The van der Waals surface area contributed by atoms with Crippen LogP contribution < -0.4 is 5.32 Å². The van der Waals surface area contributed by atoms with E-state index in [1.54, 1.807) is 0 Å². The summed E-state index contributed by atoms with van der Waals surface area (Å²) in [6, 6.07) is 11.7. The molecule has 16 heavy (non-hydrogen) atoms. The molecule has 1 aliphatic heterocycles. The van der Waals surface area contributed by atoms with Gasteiger partial charge in [0.1, 0.15) is 0 Å². The van der Waals surface area contributed by atoms with Crippen molar-refractivity contribution < 1.29 is 0 Å². The summed E-state index contributed by atoms with van der Waals surface area (Å²) in [6.07, 6.45) is 6.71. The highest BCUT2D eigenvalue weighted by Gasteiger charge is 2.21. The van der Waals surface area contributed by atoms with Gasteiger partial charge >= 0.3 is 0 Å². The Morgan fingerprint density at radius 1 is 1.19 bits per heavy atom. The van der Waals surface area contributed by atoms with Crippen LogP contribution in [-0.2, 0) is 0 Å². The second-order valence-corrected chi connectivity index (χ2v) is 4.84. The van der Waals surface area contributed by atoms with Crippen molar-refractivity contribution in [2.24, 2.45) is 0 Å². The fourth-order valence-corrected chi connectivity index (χ4v) is 2.85. The standard InChI is InChI=1S/C15H23N/c1-2-14(13-9-5-3-6-10-13)15-11-7-4-8-12-16-15/h3,5-6,9-10,14-16H,2,4,7-8,11-12H2,1H3/t14-,15-/m0/s1. The average molecular weight is 217 g/mol. The molecule has 0 amide bonds. The molecule has 1 aromatic rings. The highest BCUT2D eigenvalue weighted by Crippen LogP contribution is 2.27. The summed E-state index contributed by atoms with van der Waals surface area (Å²) in [5, 5.41) is 3.73. The van der Waals surface area contributed by atoms with E-state index in [1.165, 1.54) is 44.2 Å². The Labute approximate surface area is 99.3 Å². The molecule has 0 unspecified atom stereocenters. The van der Waals surface area contributed by atoms with Crippen molar-refractivity contribution in [3.05, 3.63) is 35.9 Å². The Balaban J connectivity index is 2.09. The van der Waals surface area contributed by atoms with Crippen LogP contribution in [0.1, 0.15) is 50.5 Å². The van der Waals surface area contributed by atoms with E-state index in [1.807, 2.05) is 0 Å². The Kier molecular flexibility index (Phi) is 4.41. The molecule has 0 bridgehead atoms. The van der Waals surface area contributed by atoms with E-state index < -0.39 is 0 Å².